The van der Waals surface area contributed by atoms with E-state index >= 15 is 0 Å². The van der Waals surface area contributed by atoms with E-state index < -0.39 is 23.2 Å². The van der Waals surface area contributed by atoms with Crippen molar-refractivity contribution >= 4 is 23.2 Å². The number of carbonyl (C=O) groups is 1. The van der Waals surface area contributed by atoms with Crippen molar-refractivity contribution in [3.8, 4) is 0 Å². The van der Waals surface area contributed by atoms with E-state index in [1.54, 1.807) is 31.2 Å². The fourth-order valence-electron chi connectivity index (χ4n) is 3.46. The van der Waals surface area contributed by atoms with Crippen LogP contribution in [0.1, 0.15) is 34.3 Å². The lowest BCUT2D eigenvalue weighted by molar-refractivity contribution is -0.0112. The van der Waals surface area contributed by atoms with Crippen LogP contribution in [0.3, 0.4) is 0 Å². The van der Waals surface area contributed by atoms with Gasteiger partial charge in [0.1, 0.15) is 29.9 Å². The zero-order valence-corrected chi connectivity index (χ0v) is 18.2. The van der Waals surface area contributed by atoms with E-state index in [4.69, 9.17) is 18.0 Å². The standard InChI is InChI=1S/C21H22F2N6O2S/c1-13(14-3-5-15(6-4-14)19(30)28(2)27-20(24)32)21(31,10-29-12-25-11-26-29)17-8-7-16(22)9-18(17)23/h3-9,11-13,31H,10H2,1-2H3,(H3,24,27,32)/t13-,21+/m0/s1. The van der Waals surface area contributed by atoms with Crippen LogP contribution >= 0.6 is 12.2 Å². The lowest BCUT2D eigenvalue weighted by atomic mass is 9.78. The normalized spacial score (nSPS) is 13.8. The molecule has 0 aliphatic heterocycles. The lowest BCUT2D eigenvalue weighted by Crippen LogP contribution is -2.45. The fraction of sp³-hybridized carbons (Fsp3) is 0.238. The molecule has 2 atom stereocenters. The van der Waals surface area contributed by atoms with Crippen molar-refractivity contribution in [1.29, 1.82) is 0 Å². The molecule has 0 unspecified atom stereocenters. The van der Waals surface area contributed by atoms with Crippen LogP contribution in [-0.4, -0.2) is 42.9 Å². The van der Waals surface area contributed by atoms with Crippen molar-refractivity contribution in [2.45, 2.75) is 25.0 Å². The van der Waals surface area contributed by atoms with Crippen LogP contribution in [0.15, 0.2) is 55.1 Å². The number of rotatable bonds is 6. The summed E-state index contributed by atoms with van der Waals surface area (Å²) in [6, 6.07) is 9.48. The Balaban J connectivity index is 1.95. The molecular weight excluding hydrogens is 438 g/mol. The van der Waals surface area contributed by atoms with Crippen molar-refractivity contribution < 1.29 is 18.7 Å². The quantitative estimate of drug-likeness (QED) is 0.382. The molecule has 0 radical (unpaired) electrons. The Labute approximate surface area is 188 Å². The van der Waals surface area contributed by atoms with Gasteiger partial charge < -0.3 is 10.8 Å². The first-order valence-electron chi connectivity index (χ1n) is 9.56. The Kier molecular flexibility index (Phi) is 6.80. The third kappa shape index (κ3) is 4.89. The van der Waals surface area contributed by atoms with Crippen LogP contribution < -0.4 is 11.2 Å². The highest BCUT2D eigenvalue weighted by atomic mass is 32.1. The molecule has 0 aliphatic carbocycles. The summed E-state index contributed by atoms with van der Waals surface area (Å²) in [6.45, 7) is 1.58. The fourth-order valence-corrected chi connectivity index (χ4v) is 3.59. The molecular formula is C21H22F2N6O2S. The van der Waals surface area contributed by atoms with Crippen molar-refractivity contribution in [3.63, 3.8) is 0 Å². The molecule has 2 aromatic carbocycles. The topological polar surface area (TPSA) is 109 Å². The number of thiocarbonyl (C=S) groups is 1. The highest BCUT2D eigenvalue weighted by molar-refractivity contribution is 7.80. The highest BCUT2D eigenvalue weighted by Gasteiger charge is 2.40. The Bertz CT molecular complexity index is 1110. The maximum atomic E-state index is 14.7. The van der Waals surface area contributed by atoms with Crippen LogP contribution in [0.4, 0.5) is 8.78 Å². The van der Waals surface area contributed by atoms with Crippen molar-refractivity contribution in [2.24, 2.45) is 5.73 Å². The van der Waals surface area contributed by atoms with Crippen molar-refractivity contribution in [2.75, 3.05) is 7.05 Å². The summed E-state index contributed by atoms with van der Waals surface area (Å²) in [6.07, 6.45) is 2.69. The predicted molar refractivity (Wildman–Crippen MR) is 117 cm³/mol. The van der Waals surface area contributed by atoms with Crippen LogP contribution in [0.5, 0.6) is 0 Å². The first kappa shape index (κ1) is 23.2. The predicted octanol–water partition coefficient (Wildman–Crippen LogP) is 2.07. The van der Waals surface area contributed by atoms with Gasteiger partial charge in [-0.2, -0.15) is 5.10 Å². The lowest BCUT2D eigenvalue weighted by Gasteiger charge is -2.35. The Hall–Kier alpha value is -3.44. The van der Waals surface area contributed by atoms with Gasteiger partial charge in [-0.3, -0.25) is 15.2 Å². The van der Waals surface area contributed by atoms with Gasteiger partial charge in [-0.1, -0.05) is 25.1 Å². The average molecular weight is 461 g/mol. The molecule has 0 aliphatic rings. The molecule has 1 heterocycles. The highest BCUT2D eigenvalue weighted by Crippen LogP contribution is 2.39. The summed E-state index contributed by atoms with van der Waals surface area (Å²) >= 11 is 4.73. The average Bonchev–Trinajstić information content (AvgIpc) is 3.24. The molecule has 32 heavy (non-hydrogen) atoms. The summed E-state index contributed by atoms with van der Waals surface area (Å²) < 4.78 is 29.6. The third-order valence-corrected chi connectivity index (χ3v) is 5.31. The van der Waals surface area contributed by atoms with Gasteiger partial charge in [0.25, 0.3) is 5.91 Å². The number of hydrogen-bond donors (Lipinski definition) is 3. The molecule has 8 nitrogen and oxygen atoms in total. The van der Waals surface area contributed by atoms with Gasteiger partial charge in [0, 0.05) is 30.2 Å². The van der Waals surface area contributed by atoms with Gasteiger partial charge in [0.2, 0.25) is 0 Å². The molecule has 0 bridgehead atoms. The van der Waals surface area contributed by atoms with Crippen LogP contribution in [0.25, 0.3) is 0 Å². The van der Waals surface area contributed by atoms with Gasteiger partial charge in [-0.05, 0) is 36.0 Å². The summed E-state index contributed by atoms with van der Waals surface area (Å²) in [5.74, 6) is -2.67. The molecule has 0 spiro atoms. The number of nitrogens with one attached hydrogen (secondary N) is 1. The summed E-state index contributed by atoms with van der Waals surface area (Å²) in [5, 5.41) is 16.7. The smallest absolute Gasteiger partial charge is 0.271 e. The Morgan fingerprint density at radius 3 is 2.56 bits per heavy atom. The largest absolute Gasteiger partial charge is 0.382 e. The molecule has 0 saturated carbocycles. The minimum absolute atomic E-state index is 0.0504. The van der Waals surface area contributed by atoms with E-state index in [9.17, 15) is 18.7 Å². The SMILES string of the molecule is C[C@@H](c1ccc(C(=O)N(C)NC(N)=S)cc1)[C@](O)(Cn1cncn1)c1ccc(F)cc1F. The zero-order chi connectivity index (χ0) is 23.5. The molecule has 3 aromatic rings. The second-order valence-corrected chi connectivity index (χ2v) is 7.77. The number of aromatic nitrogens is 3. The van der Waals surface area contributed by atoms with Crippen LogP contribution in [-0.2, 0) is 12.1 Å². The maximum Gasteiger partial charge on any atom is 0.271 e. The van der Waals surface area contributed by atoms with Gasteiger partial charge in [-0.15, -0.1) is 0 Å². The van der Waals surface area contributed by atoms with Gasteiger partial charge in [0.15, 0.2) is 5.11 Å². The molecule has 0 fully saturated rings. The number of hydrogen-bond acceptors (Lipinski definition) is 5. The Morgan fingerprint density at radius 2 is 2.00 bits per heavy atom. The number of benzene rings is 2. The minimum Gasteiger partial charge on any atom is -0.382 e. The molecule has 1 amide bonds. The van der Waals surface area contributed by atoms with Gasteiger partial charge in [-0.25, -0.2) is 18.4 Å². The van der Waals surface area contributed by atoms with E-state index in [-0.39, 0.29) is 23.1 Å². The van der Waals surface area contributed by atoms with E-state index in [0.717, 1.165) is 17.1 Å². The number of carbonyl (C=O) groups excluding carboxylic acids is 1. The molecule has 0 saturated heterocycles. The monoisotopic (exact) mass is 460 g/mol. The summed E-state index contributed by atoms with van der Waals surface area (Å²) in [5.41, 5.74) is 7.01. The number of nitrogens with zero attached hydrogens (tertiary/aromatic N) is 4. The van der Waals surface area contributed by atoms with Crippen molar-refractivity contribution in [1.82, 2.24) is 25.2 Å². The van der Waals surface area contributed by atoms with Gasteiger partial charge in [0.05, 0.1) is 6.54 Å². The van der Waals surface area contributed by atoms with Gasteiger partial charge >= 0.3 is 0 Å². The second-order valence-electron chi connectivity index (χ2n) is 7.33. The number of halogens is 2. The number of aliphatic hydroxyl groups is 1. The minimum atomic E-state index is -1.79. The van der Waals surface area contributed by atoms with Crippen LogP contribution in [0, 0.1) is 11.6 Å². The number of nitrogens with two attached hydrogens (primary N) is 1. The maximum absolute atomic E-state index is 14.7. The molecule has 3 rings (SSSR count). The zero-order valence-electron chi connectivity index (χ0n) is 17.4. The van der Waals surface area contributed by atoms with E-state index in [2.05, 4.69) is 15.5 Å². The van der Waals surface area contributed by atoms with Crippen LogP contribution in [0.2, 0.25) is 0 Å². The summed E-state index contributed by atoms with van der Waals surface area (Å²) in [7, 11) is 1.48. The molecule has 4 N–H and O–H groups in total. The molecule has 11 heteroatoms. The number of amides is 1. The molecule has 168 valence electrons. The summed E-state index contributed by atoms with van der Waals surface area (Å²) in [4.78, 5) is 16.3. The van der Waals surface area contributed by atoms with E-state index in [0.29, 0.717) is 11.1 Å². The second kappa shape index (κ2) is 9.37. The first-order chi connectivity index (χ1) is 15.1. The molecule has 1 aromatic heterocycles. The Morgan fingerprint density at radius 1 is 1.31 bits per heavy atom. The number of hydrazine groups is 1. The van der Waals surface area contributed by atoms with Crippen molar-refractivity contribution in [3.05, 3.63) is 83.4 Å². The third-order valence-electron chi connectivity index (χ3n) is 5.22. The van der Waals surface area contributed by atoms with E-state index in [1.165, 1.54) is 30.5 Å². The first-order valence-corrected chi connectivity index (χ1v) is 9.97. The van der Waals surface area contributed by atoms with E-state index in [1.807, 2.05) is 0 Å².